The van der Waals surface area contributed by atoms with Gasteiger partial charge in [-0.05, 0) is 25.1 Å². The summed E-state index contributed by atoms with van der Waals surface area (Å²) in [6.45, 7) is 1.05. The third-order valence-electron chi connectivity index (χ3n) is 2.31. The Labute approximate surface area is 109 Å². The molecule has 5 nitrogen and oxygen atoms in total. The van der Waals surface area contributed by atoms with Gasteiger partial charge in [0.05, 0.1) is 5.56 Å². The molecule has 1 unspecified atom stereocenters. The lowest BCUT2D eigenvalue weighted by molar-refractivity contribution is -0.119. The zero-order valence-electron chi connectivity index (χ0n) is 10.2. The van der Waals surface area contributed by atoms with Crippen LogP contribution in [0.4, 0.5) is 4.39 Å². The van der Waals surface area contributed by atoms with Gasteiger partial charge in [0.15, 0.2) is 0 Å². The smallest absolute Gasteiger partial charge is 0.252 e. The molecule has 0 aliphatic carbocycles. The van der Waals surface area contributed by atoms with Crippen molar-refractivity contribution in [1.82, 2.24) is 5.32 Å². The van der Waals surface area contributed by atoms with Gasteiger partial charge in [0, 0.05) is 5.56 Å². The Bertz CT molecular complexity index is 561. The molecule has 0 aliphatic heterocycles. The van der Waals surface area contributed by atoms with Crippen LogP contribution in [0.1, 0.15) is 22.8 Å². The molecule has 0 bridgehead atoms. The molecule has 0 saturated heterocycles. The Balaban J connectivity index is 2.89. The Morgan fingerprint density at radius 1 is 1.53 bits per heavy atom. The average Bonchev–Trinajstić information content (AvgIpc) is 2.36. The van der Waals surface area contributed by atoms with E-state index in [0.29, 0.717) is 0 Å². The summed E-state index contributed by atoms with van der Waals surface area (Å²) in [5.74, 6) is 2.75. The van der Waals surface area contributed by atoms with Gasteiger partial charge in [0.25, 0.3) is 5.91 Å². The summed E-state index contributed by atoms with van der Waals surface area (Å²) in [5.41, 5.74) is 5.13. The lowest BCUT2D eigenvalue weighted by atomic mass is 10.1. The second-order valence-electron chi connectivity index (χ2n) is 3.75. The van der Waals surface area contributed by atoms with E-state index in [4.69, 9.17) is 10.8 Å². The topological polar surface area (TPSA) is 92.4 Å². The fraction of sp³-hybridized carbons (Fsp3) is 0.231. The predicted molar refractivity (Wildman–Crippen MR) is 66.5 cm³/mol. The van der Waals surface area contributed by atoms with Crippen LogP contribution >= 0.6 is 0 Å². The molecular weight excluding hydrogens is 251 g/mol. The minimum atomic E-state index is -0.843. The van der Waals surface area contributed by atoms with E-state index in [1.54, 1.807) is 0 Å². The number of benzene rings is 1. The van der Waals surface area contributed by atoms with Crippen molar-refractivity contribution in [3.05, 3.63) is 35.1 Å². The van der Waals surface area contributed by atoms with Crippen molar-refractivity contribution in [2.75, 3.05) is 6.61 Å². The van der Waals surface area contributed by atoms with Crippen LogP contribution in [0.3, 0.4) is 0 Å². The van der Waals surface area contributed by atoms with Gasteiger partial charge in [-0.1, -0.05) is 11.8 Å². The summed E-state index contributed by atoms with van der Waals surface area (Å²) >= 11 is 0. The first-order chi connectivity index (χ1) is 8.95. The average molecular weight is 264 g/mol. The number of primary amides is 1. The maximum absolute atomic E-state index is 13.6. The summed E-state index contributed by atoms with van der Waals surface area (Å²) < 4.78 is 13.6. The van der Waals surface area contributed by atoms with Crippen LogP contribution in [0.2, 0.25) is 0 Å². The Kier molecular flexibility index (Phi) is 5.03. The normalized spacial score (nSPS) is 11.1. The van der Waals surface area contributed by atoms with Crippen LogP contribution in [0.5, 0.6) is 0 Å². The van der Waals surface area contributed by atoms with E-state index in [-0.39, 0.29) is 17.7 Å². The zero-order valence-corrected chi connectivity index (χ0v) is 10.2. The first-order valence-corrected chi connectivity index (χ1v) is 5.45. The third kappa shape index (κ3) is 4.08. The number of hydrogen-bond donors (Lipinski definition) is 3. The van der Waals surface area contributed by atoms with Crippen LogP contribution in [0, 0.1) is 17.7 Å². The minimum Gasteiger partial charge on any atom is -0.384 e. The van der Waals surface area contributed by atoms with E-state index in [1.807, 2.05) is 0 Å². The van der Waals surface area contributed by atoms with Crippen molar-refractivity contribution >= 4 is 11.8 Å². The van der Waals surface area contributed by atoms with E-state index < -0.39 is 23.7 Å². The van der Waals surface area contributed by atoms with E-state index >= 15 is 0 Å². The largest absolute Gasteiger partial charge is 0.384 e. The third-order valence-corrected chi connectivity index (χ3v) is 2.31. The van der Waals surface area contributed by atoms with Crippen LogP contribution in [0.15, 0.2) is 18.2 Å². The maximum atomic E-state index is 13.6. The molecule has 1 atom stereocenters. The highest BCUT2D eigenvalue weighted by atomic mass is 19.1. The Morgan fingerprint density at radius 2 is 2.21 bits per heavy atom. The van der Waals surface area contributed by atoms with Crippen molar-refractivity contribution in [3.63, 3.8) is 0 Å². The SMILES string of the molecule is CC(NC(=O)c1ccc(C#CCO)c(F)c1)C(N)=O. The summed E-state index contributed by atoms with van der Waals surface area (Å²) in [4.78, 5) is 22.5. The van der Waals surface area contributed by atoms with E-state index in [1.165, 1.54) is 19.1 Å². The highest BCUT2D eigenvalue weighted by Crippen LogP contribution is 2.09. The minimum absolute atomic E-state index is 0.0557. The van der Waals surface area contributed by atoms with Gasteiger partial charge in [-0.15, -0.1) is 0 Å². The second-order valence-corrected chi connectivity index (χ2v) is 3.75. The Hall–Kier alpha value is -2.39. The summed E-state index contributed by atoms with van der Waals surface area (Å²) in [6.07, 6.45) is 0. The maximum Gasteiger partial charge on any atom is 0.252 e. The van der Waals surface area contributed by atoms with Gasteiger partial charge < -0.3 is 16.2 Å². The van der Waals surface area contributed by atoms with Crippen molar-refractivity contribution < 1.29 is 19.1 Å². The number of rotatable bonds is 3. The lowest BCUT2D eigenvalue weighted by Crippen LogP contribution is -2.42. The van der Waals surface area contributed by atoms with E-state index in [9.17, 15) is 14.0 Å². The number of aliphatic hydroxyl groups excluding tert-OH is 1. The number of nitrogens with two attached hydrogens (primary N) is 1. The molecule has 4 N–H and O–H groups in total. The van der Waals surface area contributed by atoms with Crippen LogP contribution in [-0.4, -0.2) is 29.6 Å². The van der Waals surface area contributed by atoms with Gasteiger partial charge in [0.1, 0.15) is 18.5 Å². The highest BCUT2D eigenvalue weighted by Gasteiger charge is 2.14. The summed E-state index contributed by atoms with van der Waals surface area (Å²) in [5, 5.41) is 10.8. The van der Waals surface area contributed by atoms with Crippen LogP contribution < -0.4 is 11.1 Å². The lowest BCUT2D eigenvalue weighted by Gasteiger charge is -2.10. The number of carbonyl (C=O) groups excluding carboxylic acids is 2. The molecule has 100 valence electrons. The van der Waals surface area contributed by atoms with Crippen LogP contribution in [0.25, 0.3) is 0 Å². The van der Waals surface area contributed by atoms with Crippen molar-refractivity contribution in [2.24, 2.45) is 5.73 Å². The predicted octanol–water partition coefficient (Wildman–Crippen LogP) is -0.227. The molecule has 1 aromatic rings. The molecule has 0 fully saturated rings. The van der Waals surface area contributed by atoms with E-state index in [2.05, 4.69) is 17.2 Å². The monoisotopic (exact) mass is 264 g/mol. The van der Waals surface area contributed by atoms with Crippen molar-refractivity contribution in [3.8, 4) is 11.8 Å². The van der Waals surface area contributed by atoms with Gasteiger partial charge in [-0.3, -0.25) is 9.59 Å². The molecule has 1 aromatic carbocycles. The molecule has 0 saturated carbocycles. The van der Waals surface area contributed by atoms with Gasteiger partial charge in [-0.2, -0.15) is 0 Å². The number of carbonyl (C=O) groups is 2. The molecule has 0 radical (unpaired) electrons. The number of amides is 2. The van der Waals surface area contributed by atoms with Gasteiger partial charge >= 0.3 is 0 Å². The molecule has 2 amide bonds. The number of aliphatic hydroxyl groups is 1. The first kappa shape index (κ1) is 14.7. The fourth-order valence-corrected chi connectivity index (χ4v) is 1.24. The highest BCUT2D eigenvalue weighted by molar-refractivity contribution is 5.97. The quantitative estimate of drug-likeness (QED) is 0.659. The molecule has 19 heavy (non-hydrogen) atoms. The van der Waals surface area contributed by atoms with Crippen LogP contribution in [-0.2, 0) is 4.79 Å². The molecular formula is C13H13FN2O3. The standard InChI is InChI=1S/C13H13FN2O3/c1-8(12(15)18)16-13(19)10-5-4-9(3-2-6-17)11(14)7-10/h4-5,7-8,17H,6H2,1H3,(H2,15,18)(H,16,19). The van der Waals surface area contributed by atoms with Gasteiger partial charge in [-0.25, -0.2) is 4.39 Å². The van der Waals surface area contributed by atoms with E-state index in [0.717, 1.165) is 6.07 Å². The van der Waals surface area contributed by atoms with Gasteiger partial charge in [0.2, 0.25) is 5.91 Å². The first-order valence-electron chi connectivity index (χ1n) is 5.45. The summed E-state index contributed by atoms with van der Waals surface area (Å²) in [6, 6.07) is 2.85. The zero-order chi connectivity index (χ0) is 14.4. The molecule has 0 aromatic heterocycles. The molecule has 6 heteroatoms. The van der Waals surface area contributed by atoms with Crippen molar-refractivity contribution in [1.29, 1.82) is 0 Å². The van der Waals surface area contributed by atoms with Crippen molar-refractivity contribution in [2.45, 2.75) is 13.0 Å². The number of halogens is 1. The molecule has 0 heterocycles. The second kappa shape index (κ2) is 6.52. The number of hydrogen-bond acceptors (Lipinski definition) is 3. The summed E-state index contributed by atoms with van der Waals surface area (Å²) in [7, 11) is 0. The fourth-order valence-electron chi connectivity index (χ4n) is 1.24. The Morgan fingerprint density at radius 3 is 2.74 bits per heavy atom. The number of nitrogens with one attached hydrogen (secondary N) is 1. The molecule has 0 aliphatic rings. The molecule has 0 spiro atoms. The molecule has 1 rings (SSSR count).